The predicted octanol–water partition coefficient (Wildman–Crippen LogP) is 3.90. The summed E-state index contributed by atoms with van der Waals surface area (Å²) in [4.78, 5) is 11.9. The normalized spacial score (nSPS) is 12.7. The molecule has 2 aromatic carbocycles. The smallest absolute Gasteiger partial charge is 0.333 e. The highest BCUT2D eigenvalue weighted by Crippen LogP contribution is 2.09. The molecule has 0 aliphatic heterocycles. The fourth-order valence-electron chi connectivity index (χ4n) is 2.52. The van der Waals surface area contributed by atoms with E-state index in [0.717, 1.165) is 13.0 Å². The second-order valence-electron chi connectivity index (χ2n) is 5.73. The van der Waals surface area contributed by atoms with Crippen molar-refractivity contribution < 1.29 is 9.53 Å². The Kier molecular flexibility index (Phi) is 7.24. The monoisotopic (exact) mass is 323 g/mol. The lowest BCUT2D eigenvalue weighted by Gasteiger charge is -2.17. The maximum absolute atomic E-state index is 11.9. The Morgan fingerprint density at radius 2 is 1.62 bits per heavy atom. The van der Waals surface area contributed by atoms with Gasteiger partial charge in [-0.25, -0.2) is 4.79 Å². The molecule has 0 heterocycles. The van der Waals surface area contributed by atoms with Gasteiger partial charge in [0.1, 0.15) is 0 Å². The minimum atomic E-state index is -0.253. The highest BCUT2D eigenvalue weighted by molar-refractivity contribution is 5.87. The molecule has 0 unspecified atom stereocenters. The van der Waals surface area contributed by atoms with Crippen molar-refractivity contribution in [2.75, 3.05) is 6.61 Å². The molecule has 0 saturated carbocycles. The summed E-state index contributed by atoms with van der Waals surface area (Å²) in [7, 11) is 0. The summed E-state index contributed by atoms with van der Waals surface area (Å²) in [5.41, 5.74) is 3.09. The highest BCUT2D eigenvalue weighted by Gasteiger charge is 2.11. The van der Waals surface area contributed by atoms with E-state index in [2.05, 4.69) is 29.6 Å². The van der Waals surface area contributed by atoms with Gasteiger partial charge in [-0.05, 0) is 31.4 Å². The lowest BCUT2D eigenvalue weighted by Crippen LogP contribution is -2.29. The Balaban J connectivity index is 2.08. The third-order valence-corrected chi connectivity index (χ3v) is 3.76. The van der Waals surface area contributed by atoms with Crippen LogP contribution >= 0.6 is 0 Å². The average molecular weight is 323 g/mol. The van der Waals surface area contributed by atoms with Crippen LogP contribution in [-0.4, -0.2) is 18.6 Å². The zero-order chi connectivity index (χ0) is 17.2. The molecule has 2 aromatic rings. The van der Waals surface area contributed by atoms with Crippen molar-refractivity contribution in [3.63, 3.8) is 0 Å². The number of hydrogen-bond donors (Lipinski definition) is 1. The van der Waals surface area contributed by atoms with Crippen molar-refractivity contribution in [2.45, 2.75) is 32.9 Å². The summed E-state index contributed by atoms with van der Waals surface area (Å²) in [5, 5.41) is 3.53. The molecule has 0 radical (unpaired) electrons. The molecule has 24 heavy (non-hydrogen) atoms. The largest absolute Gasteiger partial charge is 0.463 e. The number of carbonyl (C=O) groups excluding carboxylic acids is 1. The number of rotatable bonds is 8. The second kappa shape index (κ2) is 9.68. The summed E-state index contributed by atoms with van der Waals surface area (Å²) in [5.74, 6) is -0.253. The molecule has 0 aromatic heterocycles. The van der Waals surface area contributed by atoms with Gasteiger partial charge >= 0.3 is 5.97 Å². The van der Waals surface area contributed by atoms with Crippen molar-refractivity contribution in [1.82, 2.24) is 5.32 Å². The van der Waals surface area contributed by atoms with Crippen molar-refractivity contribution in [3.8, 4) is 0 Å². The first-order valence-corrected chi connectivity index (χ1v) is 8.35. The Morgan fingerprint density at radius 1 is 1.04 bits per heavy atom. The first-order valence-electron chi connectivity index (χ1n) is 8.35. The molecule has 2 rings (SSSR count). The van der Waals surface area contributed by atoms with E-state index in [1.54, 1.807) is 6.92 Å². The van der Waals surface area contributed by atoms with Crippen LogP contribution in [0.2, 0.25) is 0 Å². The SMILES string of the molecule is CCOC(=O)/C(C)=C/[C@H](Cc1ccccc1)NCc1ccccc1. The second-order valence-corrected chi connectivity index (χ2v) is 5.73. The molecule has 126 valence electrons. The van der Waals surface area contributed by atoms with E-state index < -0.39 is 0 Å². The van der Waals surface area contributed by atoms with Crippen LogP contribution in [0.25, 0.3) is 0 Å². The van der Waals surface area contributed by atoms with E-state index in [1.807, 2.05) is 49.4 Å². The van der Waals surface area contributed by atoms with Crippen molar-refractivity contribution in [2.24, 2.45) is 0 Å². The Bertz CT molecular complexity index is 650. The third kappa shape index (κ3) is 6.01. The van der Waals surface area contributed by atoms with Gasteiger partial charge in [0.15, 0.2) is 0 Å². The summed E-state index contributed by atoms with van der Waals surface area (Å²) >= 11 is 0. The van der Waals surface area contributed by atoms with Gasteiger partial charge in [-0.2, -0.15) is 0 Å². The van der Waals surface area contributed by atoms with Gasteiger partial charge < -0.3 is 10.1 Å². The molecule has 1 atom stereocenters. The zero-order valence-electron chi connectivity index (χ0n) is 14.4. The summed E-state index contributed by atoms with van der Waals surface area (Å²) in [6.45, 7) is 4.77. The topological polar surface area (TPSA) is 38.3 Å². The number of esters is 1. The number of hydrogen-bond acceptors (Lipinski definition) is 3. The van der Waals surface area contributed by atoms with Crippen LogP contribution in [0.5, 0.6) is 0 Å². The van der Waals surface area contributed by atoms with Gasteiger partial charge in [-0.15, -0.1) is 0 Å². The van der Waals surface area contributed by atoms with E-state index in [0.29, 0.717) is 12.2 Å². The number of nitrogens with one attached hydrogen (secondary N) is 1. The van der Waals surface area contributed by atoms with Gasteiger partial charge in [0.2, 0.25) is 0 Å². The Hall–Kier alpha value is -2.39. The van der Waals surface area contributed by atoms with Crippen molar-refractivity contribution in [3.05, 3.63) is 83.4 Å². The molecular formula is C21H25NO2. The fourth-order valence-corrected chi connectivity index (χ4v) is 2.52. The predicted molar refractivity (Wildman–Crippen MR) is 97.6 cm³/mol. The van der Waals surface area contributed by atoms with Gasteiger partial charge in [0, 0.05) is 18.2 Å². The van der Waals surface area contributed by atoms with Gasteiger partial charge in [0.25, 0.3) is 0 Å². The molecule has 0 saturated heterocycles. The van der Waals surface area contributed by atoms with Gasteiger partial charge in [-0.1, -0.05) is 66.7 Å². The molecule has 3 heteroatoms. The maximum atomic E-state index is 11.9. The van der Waals surface area contributed by atoms with Crippen molar-refractivity contribution in [1.29, 1.82) is 0 Å². The van der Waals surface area contributed by atoms with E-state index >= 15 is 0 Å². The van der Waals surface area contributed by atoms with Crippen LogP contribution in [0.1, 0.15) is 25.0 Å². The highest BCUT2D eigenvalue weighted by atomic mass is 16.5. The van der Waals surface area contributed by atoms with Crippen LogP contribution < -0.4 is 5.32 Å². The quantitative estimate of drug-likeness (QED) is 0.591. The minimum absolute atomic E-state index is 0.0667. The van der Waals surface area contributed by atoms with Crippen LogP contribution in [0.3, 0.4) is 0 Å². The van der Waals surface area contributed by atoms with Crippen LogP contribution in [0.15, 0.2) is 72.3 Å². The van der Waals surface area contributed by atoms with E-state index in [4.69, 9.17) is 4.74 Å². The molecule has 0 spiro atoms. The Morgan fingerprint density at radius 3 is 2.21 bits per heavy atom. The summed E-state index contributed by atoms with van der Waals surface area (Å²) in [6, 6.07) is 20.6. The van der Waals surface area contributed by atoms with E-state index in [-0.39, 0.29) is 12.0 Å². The maximum Gasteiger partial charge on any atom is 0.333 e. The van der Waals surface area contributed by atoms with Gasteiger partial charge in [-0.3, -0.25) is 0 Å². The first-order chi connectivity index (χ1) is 11.7. The molecule has 0 aliphatic rings. The van der Waals surface area contributed by atoms with Crippen LogP contribution in [-0.2, 0) is 22.5 Å². The molecule has 0 amide bonds. The third-order valence-electron chi connectivity index (χ3n) is 3.76. The average Bonchev–Trinajstić information content (AvgIpc) is 2.61. The lowest BCUT2D eigenvalue weighted by atomic mass is 10.0. The molecule has 0 fully saturated rings. The van der Waals surface area contributed by atoms with Crippen LogP contribution in [0, 0.1) is 0 Å². The van der Waals surface area contributed by atoms with Crippen molar-refractivity contribution >= 4 is 5.97 Å². The number of benzene rings is 2. The molecule has 0 bridgehead atoms. The van der Waals surface area contributed by atoms with Crippen LogP contribution in [0.4, 0.5) is 0 Å². The zero-order valence-corrected chi connectivity index (χ0v) is 14.4. The fraction of sp³-hybridized carbons (Fsp3) is 0.286. The van der Waals surface area contributed by atoms with E-state index in [9.17, 15) is 4.79 Å². The van der Waals surface area contributed by atoms with E-state index in [1.165, 1.54) is 11.1 Å². The number of carbonyl (C=O) groups is 1. The summed E-state index contributed by atoms with van der Waals surface area (Å²) < 4.78 is 5.08. The van der Waals surface area contributed by atoms with Gasteiger partial charge in [0.05, 0.1) is 6.61 Å². The standard InChI is InChI=1S/C21H25NO2/c1-3-24-21(23)17(2)14-20(15-18-10-6-4-7-11-18)22-16-19-12-8-5-9-13-19/h4-14,20,22H,3,15-16H2,1-2H3/b17-14+/t20-/m1/s1. The molecule has 1 N–H and O–H groups in total. The molecule has 0 aliphatic carbocycles. The number of ether oxygens (including phenoxy) is 1. The minimum Gasteiger partial charge on any atom is -0.463 e. The summed E-state index contributed by atoms with van der Waals surface area (Å²) in [6.07, 6.45) is 2.79. The first kappa shape index (κ1) is 18.0. The lowest BCUT2D eigenvalue weighted by molar-refractivity contribution is -0.138. The Labute approximate surface area is 144 Å². The molecular weight excluding hydrogens is 298 g/mol. The molecule has 3 nitrogen and oxygen atoms in total.